The highest BCUT2D eigenvalue weighted by Gasteiger charge is 2.13. The molecule has 0 aliphatic rings. The van der Waals surface area contributed by atoms with Crippen LogP contribution in [0.25, 0.3) is 0 Å². The maximum absolute atomic E-state index is 12.1. The Balaban J connectivity index is 3.03. The van der Waals surface area contributed by atoms with E-state index in [-0.39, 0.29) is 10.7 Å². The van der Waals surface area contributed by atoms with Gasteiger partial charge in [-0.25, -0.2) is 8.78 Å². The van der Waals surface area contributed by atoms with Crippen LogP contribution in [0.5, 0.6) is 0 Å². The van der Waals surface area contributed by atoms with Crippen molar-refractivity contribution < 1.29 is 8.78 Å². The average molecular weight is 256 g/mol. The Kier molecular flexibility index (Phi) is 3.40. The van der Waals surface area contributed by atoms with E-state index < -0.39 is 6.43 Å². The van der Waals surface area contributed by atoms with E-state index in [0.717, 1.165) is 5.56 Å². The van der Waals surface area contributed by atoms with Crippen molar-refractivity contribution in [2.45, 2.75) is 11.8 Å². The molecule has 5 heteroatoms. The SMILES string of the molecule is FC(F)c1ncc(CBr)cc1Cl. The lowest BCUT2D eigenvalue weighted by Gasteiger charge is -2.02. The van der Waals surface area contributed by atoms with Gasteiger partial charge in [0.25, 0.3) is 6.43 Å². The lowest BCUT2D eigenvalue weighted by Crippen LogP contribution is -1.92. The Labute approximate surface area is 81.9 Å². The molecule has 0 aliphatic heterocycles. The van der Waals surface area contributed by atoms with Crippen molar-refractivity contribution in [3.05, 3.63) is 28.5 Å². The van der Waals surface area contributed by atoms with Gasteiger partial charge < -0.3 is 0 Å². The van der Waals surface area contributed by atoms with Crippen molar-refractivity contribution in [3.8, 4) is 0 Å². The van der Waals surface area contributed by atoms with Crippen LogP contribution >= 0.6 is 27.5 Å². The van der Waals surface area contributed by atoms with E-state index in [9.17, 15) is 8.78 Å². The Morgan fingerprint density at radius 3 is 2.67 bits per heavy atom. The van der Waals surface area contributed by atoms with E-state index in [1.54, 1.807) is 0 Å². The fourth-order valence-corrected chi connectivity index (χ4v) is 1.30. The highest BCUT2D eigenvalue weighted by Crippen LogP contribution is 2.25. The number of halogens is 4. The fourth-order valence-electron chi connectivity index (χ4n) is 0.722. The summed E-state index contributed by atoms with van der Waals surface area (Å²) in [5.74, 6) is 0. The number of aromatic nitrogens is 1. The lowest BCUT2D eigenvalue weighted by molar-refractivity contribution is 0.146. The van der Waals surface area contributed by atoms with Crippen molar-refractivity contribution in [1.82, 2.24) is 4.98 Å². The van der Waals surface area contributed by atoms with Gasteiger partial charge in [0.15, 0.2) is 0 Å². The molecule has 0 amide bonds. The second-order valence-electron chi connectivity index (χ2n) is 2.14. The van der Waals surface area contributed by atoms with Crippen molar-refractivity contribution in [2.24, 2.45) is 0 Å². The molecule has 0 bridgehead atoms. The molecule has 0 spiro atoms. The molecule has 0 saturated carbocycles. The van der Waals surface area contributed by atoms with Crippen LogP contribution in [0.4, 0.5) is 8.78 Å². The zero-order chi connectivity index (χ0) is 9.14. The third kappa shape index (κ3) is 2.14. The van der Waals surface area contributed by atoms with Crippen LogP contribution < -0.4 is 0 Å². The Bertz CT molecular complexity index is 280. The molecule has 0 atom stereocenters. The summed E-state index contributed by atoms with van der Waals surface area (Å²) in [7, 11) is 0. The zero-order valence-electron chi connectivity index (χ0n) is 5.90. The molecule has 1 nitrogen and oxygen atoms in total. The van der Waals surface area contributed by atoms with E-state index in [4.69, 9.17) is 11.6 Å². The summed E-state index contributed by atoms with van der Waals surface area (Å²) in [5, 5.41) is 0.574. The fraction of sp³-hybridized carbons (Fsp3) is 0.286. The summed E-state index contributed by atoms with van der Waals surface area (Å²) in [5.41, 5.74) is 0.422. The second-order valence-corrected chi connectivity index (χ2v) is 3.11. The predicted molar refractivity (Wildman–Crippen MR) is 46.8 cm³/mol. The number of alkyl halides is 3. The average Bonchev–Trinajstić information content (AvgIpc) is 2.03. The van der Waals surface area contributed by atoms with E-state index in [1.165, 1.54) is 12.3 Å². The standard InChI is InChI=1S/C7H5BrClF2N/c8-2-4-1-5(9)6(7(10)11)12-3-4/h1,3,7H,2H2. The Morgan fingerprint density at radius 2 is 2.25 bits per heavy atom. The Hall–Kier alpha value is -0.220. The number of hydrogen-bond donors (Lipinski definition) is 0. The molecule has 0 saturated heterocycles. The summed E-state index contributed by atoms with van der Waals surface area (Å²) in [6.45, 7) is 0. The number of pyridine rings is 1. The van der Waals surface area contributed by atoms with Gasteiger partial charge in [0.1, 0.15) is 5.69 Å². The molecular weight excluding hydrogens is 251 g/mol. The van der Waals surface area contributed by atoms with Gasteiger partial charge in [-0.1, -0.05) is 27.5 Å². The van der Waals surface area contributed by atoms with E-state index >= 15 is 0 Å². The van der Waals surface area contributed by atoms with Gasteiger partial charge >= 0.3 is 0 Å². The first-order valence-corrected chi connectivity index (χ1v) is 4.63. The summed E-state index contributed by atoms with van der Waals surface area (Å²) in [6.07, 6.45) is -1.23. The molecule has 0 radical (unpaired) electrons. The molecule has 12 heavy (non-hydrogen) atoms. The molecule has 66 valence electrons. The van der Waals surface area contributed by atoms with Gasteiger partial charge in [0.2, 0.25) is 0 Å². The summed E-state index contributed by atoms with van der Waals surface area (Å²) >= 11 is 8.71. The number of hydrogen-bond acceptors (Lipinski definition) is 1. The monoisotopic (exact) mass is 255 g/mol. The first kappa shape index (κ1) is 9.86. The van der Waals surface area contributed by atoms with Crippen LogP contribution in [0.15, 0.2) is 12.3 Å². The molecular formula is C7H5BrClF2N. The minimum Gasteiger partial charge on any atom is -0.253 e. The quantitative estimate of drug-likeness (QED) is 0.737. The summed E-state index contributed by atoms with van der Waals surface area (Å²) in [6, 6.07) is 1.48. The lowest BCUT2D eigenvalue weighted by atomic mass is 10.3. The van der Waals surface area contributed by atoms with E-state index in [0.29, 0.717) is 5.33 Å². The number of rotatable bonds is 2. The van der Waals surface area contributed by atoms with Crippen LogP contribution in [-0.4, -0.2) is 4.98 Å². The smallest absolute Gasteiger partial charge is 0.253 e. The molecule has 0 N–H and O–H groups in total. The van der Waals surface area contributed by atoms with Crippen LogP contribution in [0.3, 0.4) is 0 Å². The molecule has 1 heterocycles. The van der Waals surface area contributed by atoms with Gasteiger partial charge in [-0.15, -0.1) is 0 Å². The molecule has 1 aromatic rings. The van der Waals surface area contributed by atoms with Crippen LogP contribution in [0.2, 0.25) is 5.02 Å². The first-order chi connectivity index (χ1) is 5.65. The predicted octanol–water partition coefficient (Wildman–Crippen LogP) is 3.57. The van der Waals surface area contributed by atoms with Gasteiger partial charge in [-0.05, 0) is 11.6 Å². The molecule has 1 rings (SSSR count). The number of nitrogens with zero attached hydrogens (tertiary/aromatic N) is 1. The van der Waals surface area contributed by atoms with Crippen molar-refractivity contribution in [3.63, 3.8) is 0 Å². The normalized spacial score (nSPS) is 10.8. The van der Waals surface area contributed by atoms with E-state index in [1.807, 2.05) is 0 Å². The van der Waals surface area contributed by atoms with Crippen LogP contribution in [0, 0.1) is 0 Å². The van der Waals surface area contributed by atoms with Gasteiger partial charge in [0.05, 0.1) is 5.02 Å². The molecule has 0 aliphatic carbocycles. The highest BCUT2D eigenvalue weighted by molar-refractivity contribution is 9.08. The second kappa shape index (κ2) is 4.14. The van der Waals surface area contributed by atoms with Crippen LogP contribution in [-0.2, 0) is 5.33 Å². The van der Waals surface area contributed by atoms with Gasteiger partial charge in [0, 0.05) is 11.5 Å². The van der Waals surface area contributed by atoms with Gasteiger partial charge in [-0.2, -0.15) is 0 Å². The first-order valence-electron chi connectivity index (χ1n) is 3.13. The molecule has 0 unspecified atom stereocenters. The Morgan fingerprint density at radius 1 is 1.58 bits per heavy atom. The topological polar surface area (TPSA) is 12.9 Å². The molecule has 0 aromatic carbocycles. The zero-order valence-corrected chi connectivity index (χ0v) is 8.24. The maximum atomic E-state index is 12.1. The minimum absolute atomic E-state index is 0.0157. The maximum Gasteiger partial charge on any atom is 0.281 e. The van der Waals surface area contributed by atoms with Crippen molar-refractivity contribution in [1.29, 1.82) is 0 Å². The van der Waals surface area contributed by atoms with E-state index in [2.05, 4.69) is 20.9 Å². The minimum atomic E-state index is -2.61. The third-order valence-corrected chi connectivity index (χ3v) is 2.24. The highest BCUT2D eigenvalue weighted by atomic mass is 79.9. The van der Waals surface area contributed by atoms with Crippen LogP contribution in [0.1, 0.15) is 17.7 Å². The summed E-state index contributed by atoms with van der Waals surface area (Å²) < 4.78 is 24.2. The van der Waals surface area contributed by atoms with Crippen molar-refractivity contribution in [2.75, 3.05) is 0 Å². The van der Waals surface area contributed by atoms with Gasteiger partial charge in [-0.3, -0.25) is 4.98 Å². The molecule has 0 fully saturated rings. The largest absolute Gasteiger partial charge is 0.281 e. The third-order valence-electron chi connectivity index (χ3n) is 1.29. The van der Waals surface area contributed by atoms with Crippen molar-refractivity contribution >= 4 is 27.5 Å². The summed E-state index contributed by atoms with van der Waals surface area (Å²) in [4.78, 5) is 3.54. The molecule has 1 aromatic heterocycles.